The number of amides is 4. The fourth-order valence-electron chi connectivity index (χ4n) is 16.4. The number of hydrogen-bond acceptors (Lipinski definition) is 17. The van der Waals surface area contributed by atoms with Gasteiger partial charge in [0.05, 0.1) is 68.6 Å². The Labute approximate surface area is 727 Å². The lowest BCUT2D eigenvalue weighted by molar-refractivity contribution is -0.138. The third-order valence-electron chi connectivity index (χ3n) is 24.1. The number of ether oxygens (including phenoxy) is 1. The normalized spacial score (nSPS) is 21.8. The van der Waals surface area contributed by atoms with Crippen LogP contribution >= 0.6 is 46.1 Å². The van der Waals surface area contributed by atoms with Crippen molar-refractivity contribution < 1.29 is 28.3 Å². The summed E-state index contributed by atoms with van der Waals surface area (Å²) < 4.78 is 20.4. The molecule has 1 saturated heterocycles. The van der Waals surface area contributed by atoms with Crippen molar-refractivity contribution >= 4 is 87.6 Å². The zero-order valence-electron chi connectivity index (χ0n) is 70.1. The molecule has 2 aliphatic carbocycles. The Kier molecular flexibility index (Phi) is 26.3. The maximum atomic E-state index is 14.3. The fraction of sp³-hybridized carbons (Fsp3) is 0.333. The van der Waals surface area contributed by atoms with Crippen LogP contribution in [0.25, 0.3) is 33.5 Å². The highest BCUT2D eigenvalue weighted by molar-refractivity contribution is 7.10. The number of pyridine rings is 2. The van der Waals surface area contributed by atoms with Crippen LogP contribution in [0.5, 0.6) is 5.75 Å². The van der Waals surface area contributed by atoms with E-state index < -0.39 is 39.9 Å². The third kappa shape index (κ3) is 18.5. The maximum Gasteiger partial charge on any atom is 0.262 e. The van der Waals surface area contributed by atoms with Gasteiger partial charge < -0.3 is 31.7 Å². The van der Waals surface area contributed by atoms with Gasteiger partial charge in [0.1, 0.15) is 17.9 Å². The summed E-state index contributed by atoms with van der Waals surface area (Å²) in [5.41, 5.74) is 27.3. The van der Waals surface area contributed by atoms with Crippen molar-refractivity contribution in [3.63, 3.8) is 0 Å². The first-order chi connectivity index (χ1) is 57.8. The highest BCUT2D eigenvalue weighted by Gasteiger charge is 2.58. The Balaban J connectivity index is 0.000000139. The summed E-state index contributed by atoms with van der Waals surface area (Å²) in [4.78, 5) is 84.3. The zero-order chi connectivity index (χ0) is 86.5. The number of hydrogen-bond donors (Lipinski definition) is 4. The lowest BCUT2D eigenvalue weighted by Crippen LogP contribution is -2.59. The number of rotatable bonds is 20. The molecular formula is C96H103Cl3FN15O5S. The molecule has 121 heavy (non-hydrogen) atoms. The van der Waals surface area contributed by atoms with E-state index in [9.17, 15) is 28.8 Å². The molecule has 626 valence electrons. The zero-order valence-corrected chi connectivity index (χ0v) is 73.2. The fourth-order valence-corrected chi connectivity index (χ4v) is 18.2. The lowest BCUT2D eigenvalue weighted by atomic mass is 9.73. The topological polar surface area (TPSA) is 270 Å². The van der Waals surface area contributed by atoms with E-state index in [1.807, 2.05) is 196 Å². The second kappa shape index (κ2) is 36.3. The number of benzene rings is 7. The van der Waals surface area contributed by atoms with Crippen molar-refractivity contribution in [2.45, 2.75) is 145 Å². The maximum absolute atomic E-state index is 14.3. The van der Waals surface area contributed by atoms with Crippen molar-refractivity contribution in [3.05, 3.63) is 288 Å². The van der Waals surface area contributed by atoms with Crippen LogP contribution in [0.15, 0.2) is 233 Å². The van der Waals surface area contributed by atoms with E-state index in [0.29, 0.717) is 52.1 Å². The van der Waals surface area contributed by atoms with E-state index in [-0.39, 0.29) is 58.7 Å². The van der Waals surface area contributed by atoms with Gasteiger partial charge in [0.25, 0.3) is 5.91 Å². The number of nitrogens with two attached hydrogens (primary N) is 3. The van der Waals surface area contributed by atoms with E-state index >= 15 is 0 Å². The number of nitriles is 1. The van der Waals surface area contributed by atoms with Crippen molar-refractivity contribution in [2.75, 3.05) is 54.0 Å². The monoisotopic (exact) mass is 1700 g/mol. The van der Waals surface area contributed by atoms with Crippen LogP contribution in [0, 0.1) is 23.2 Å². The van der Waals surface area contributed by atoms with Crippen LogP contribution in [-0.4, -0.2) is 130 Å². The molecule has 6 atom stereocenters. The van der Waals surface area contributed by atoms with E-state index in [2.05, 4.69) is 89.1 Å². The second-order valence-electron chi connectivity index (χ2n) is 33.3. The van der Waals surface area contributed by atoms with Gasteiger partial charge in [-0.3, -0.25) is 44.2 Å². The lowest BCUT2D eigenvalue weighted by Gasteiger charge is -2.45. The number of thiophene rings is 1. The molecule has 16 rings (SSSR count). The smallest absolute Gasteiger partial charge is 0.262 e. The van der Waals surface area contributed by atoms with Crippen LogP contribution in [0.1, 0.15) is 155 Å². The first kappa shape index (κ1) is 87.7. The molecular weight excluding hydrogens is 1600 g/mol. The number of nitrogens with one attached hydrogen (secondary N) is 1. The molecule has 0 bridgehead atoms. The Hall–Kier alpha value is -11.2. The van der Waals surface area contributed by atoms with E-state index in [1.165, 1.54) is 32.9 Å². The van der Waals surface area contributed by atoms with Gasteiger partial charge in [-0.1, -0.05) is 197 Å². The first-order valence-corrected chi connectivity index (χ1v) is 42.8. The van der Waals surface area contributed by atoms with Crippen molar-refractivity contribution in [3.8, 4) is 45.3 Å². The summed E-state index contributed by atoms with van der Waals surface area (Å²) in [6, 6.07) is 66.8. The molecule has 2 saturated carbocycles. The van der Waals surface area contributed by atoms with Gasteiger partial charge in [-0.2, -0.15) is 9.65 Å². The minimum absolute atomic E-state index is 0.0234. The average molecular weight is 1700 g/mol. The Morgan fingerprint density at radius 2 is 1.28 bits per heavy atom. The highest BCUT2D eigenvalue weighted by Crippen LogP contribution is 2.54. The largest absolute Gasteiger partial charge is 0.488 e. The molecule has 7 aromatic carbocycles. The molecule has 7 N–H and O–H groups in total. The molecule has 0 spiro atoms. The number of nitrogens with zero attached hydrogens (tertiary/aromatic N) is 11. The Morgan fingerprint density at radius 1 is 0.636 bits per heavy atom. The molecule has 25 heteroatoms. The van der Waals surface area contributed by atoms with Crippen LogP contribution in [0.4, 0.5) is 4.39 Å². The molecule has 6 aliphatic rings. The molecule has 4 amide bonds. The van der Waals surface area contributed by atoms with Crippen molar-refractivity contribution in [1.29, 1.82) is 5.26 Å². The highest BCUT2D eigenvalue weighted by atomic mass is 35.5. The molecule has 10 aromatic rings. The average Bonchev–Trinajstić information content (AvgIpc) is 1.57. The molecule has 3 fully saturated rings. The number of likely N-dealkylation sites (N-methyl/N-ethyl adjacent to an activating group) is 2. The van der Waals surface area contributed by atoms with E-state index in [4.69, 9.17) is 61.7 Å². The van der Waals surface area contributed by atoms with Crippen molar-refractivity contribution in [2.24, 2.45) is 38.1 Å². The van der Waals surface area contributed by atoms with E-state index in [0.717, 1.165) is 124 Å². The summed E-state index contributed by atoms with van der Waals surface area (Å²) in [5, 5.41) is 16.8. The molecule has 2 unspecified atom stereocenters. The number of aliphatic imine (C=N–C) groups is 3. The Bertz CT molecular complexity index is 5630. The number of guanidine groups is 3. The van der Waals surface area contributed by atoms with Gasteiger partial charge in [0.2, 0.25) is 23.7 Å². The van der Waals surface area contributed by atoms with Gasteiger partial charge in [0, 0.05) is 55.7 Å². The van der Waals surface area contributed by atoms with Crippen LogP contribution in [0.2, 0.25) is 15.1 Å². The van der Waals surface area contributed by atoms with Gasteiger partial charge >= 0.3 is 0 Å². The van der Waals surface area contributed by atoms with Crippen LogP contribution in [-0.2, 0) is 58.8 Å². The predicted octanol–water partition coefficient (Wildman–Crippen LogP) is 17.8. The number of carbonyl (C=O) groups is 4. The number of carbonyl (C=O) groups excluding carboxylic acids is 4. The van der Waals surface area contributed by atoms with E-state index in [1.54, 1.807) is 49.3 Å². The molecule has 7 heterocycles. The van der Waals surface area contributed by atoms with Crippen LogP contribution < -0.4 is 27.3 Å². The van der Waals surface area contributed by atoms with Gasteiger partial charge in [-0.15, -0.1) is 11.3 Å². The van der Waals surface area contributed by atoms with Gasteiger partial charge in [0.15, 0.2) is 23.4 Å². The van der Waals surface area contributed by atoms with Crippen LogP contribution in [0.3, 0.4) is 0 Å². The summed E-state index contributed by atoms with van der Waals surface area (Å²) in [6.45, 7) is 21.1. The summed E-state index contributed by atoms with van der Waals surface area (Å²) in [7, 11) is 5.07. The van der Waals surface area contributed by atoms with Gasteiger partial charge in [-0.25, -0.2) is 20.0 Å². The molecule has 0 radical (unpaired) electrons. The number of halogens is 4. The first-order valence-electron chi connectivity index (χ1n) is 40.8. The summed E-state index contributed by atoms with van der Waals surface area (Å²) in [5.74, 6) is 0.0313. The second-order valence-corrected chi connectivity index (χ2v) is 35.5. The minimum atomic E-state index is -0.895. The molecule has 20 nitrogen and oxygen atoms in total. The Morgan fingerprint density at radius 3 is 1.92 bits per heavy atom. The standard InChI is InChI=1S/C26H29FN4O.C25H31ClN4O.C25H24ClN3O2.C20H19ClN4OS/c1-25(2,3)18-10-8-17(9-11-18)22-24(32)31(5)16-30-26(22,4)19-12-14-28-21(15-19)20-7-6-13-29-23(20)27;1-3-29(4-2)14-7-15-30-23(31)25(20-12-13-20,28-24(30)27)21-10-5-8-18(16-21)19-9-6-11-22(26)17-19;1-25(15-23(30)29(2)24(27)28-25)19-10-6-9-18(13-19)21-14-20(26)11-12-22(21)31-16-17-7-4-3-5-8-17;1-19(16-14(21)7-10-27-16)15(17(26)25(2)18(23)24-19)12-3-5-13(6-4-12)20(11-22)8-9-20/h6-15,22,30H,16H2,1-5H3;5-6,8-11,16-17,20H,3-4,7,12-15H2,1-2H3,(H2,27,28);3-14H,15-16H2,1-2H3,(H2,27,28);3-7,10,15H,8-9H2,1-2H3,(H2,23,24)/t22-,26-;;25-;15?,19-/m1.00/s1. The SMILES string of the molecule is CCN(CC)CCCN1C(=O)C(c2cccc(-c3cccc(Cl)c3)c2)(C2CC2)N=C1N.CN1C(=O)C(c2ccc(C3(C#N)CC3)cc2)[C@@](C)(c2sccc2Cl)N=C1N.CN1C(=O)C[C@@](C)(c2cccc(-c3cc(Cl)ccc3OCc3ccccc3)c2)N=C1N.CN1CN[C@](C)(c2ccnc(-c3cccnc3F)c2)[C@H](c2ccc(C(C)(C)C)cc2)C1=O. The quantitative estimate of drug-likeness (QED) is 0.0518. The molecule has 4 aliphatic heterocycles. The van der Waals surface area contributed by atoms with Gasteiger partial charge in [-0.05, 0) is 223 Å². The predicted molar refractivity (Wildman–Crippen MR) is 481 cm³/mol. The summed E-state index contributed by atoms with van der Waals surface area (Å²) >= 11 is 20.4. The molecule has 3 aromatic heterocycles. The summed E-state index contributed by atoms with van der Waals surface area (Å²) in [6.07, 6.45) is 7.97. The minimum Gasteiger partial charge on any atom is -0.488 e. The number of aromatic nitrogens is 2. The van der Waals surface area contributed by atoms with Crippen molar-refractivity contribution in [1.82, 2.24) is 39.8 Å². The third-order valence-corrected chi connectivity index (χ3v) is 26.2.